The molecular formula is C30H35F2N7OS. The molecule has 0 saturated heterocycles. The van der Waals surface area contributed by atoms with Crippen molar-refractivity contribution in [1.29, 1.82) is 0 Å². The number of hydrogen-bond acceptors (Lipinski definition) is 8. The number of aromatic nitrogens is 4. The zero-order valence-corrected chi connectivity index (χ0v) is 24.5. The molecule has 2 heterocycles. The fourth-order valence-corrected chi connectivity index (χ4v) is 6.00. The van der Waals surface area contributed by atoms with Crippen molar-refractivity contribution < 1.29 is 8.78 Å². The van der Waals surface area contributed by atoms with Crippen LogP contribution in [0.25, 0.3) is 22.4 Å². The summed E-state index contributed by atoms with van der Waals surface area (Å²) in [5, 5.41) is 3.25. The van der Waals surface area contributed by atoms with Gasteiger partial charge in [0.15, 0.2) is 5.65 Å². The number of nitrogens with zero attached hydrogens (tertiary/aromatic N) is 5. The highest BCUT2D eigenvalue weighted by atomic mass is 32.2. The Morgan fingerprint density at radius 1 is 1.12 bits per heavy atom. The normalized spacial score (nSPS) is 19.2. The van der Waals surface area contributed by atoms with Crippen molar-refractivity contribution in [2.24, 2.45) is 0 Å². The maximum atomic E-state index is 15.1. The van der Waals surface area contributed by atoms with Crippen molar-refractivity contribution in [3.05, 3.63) is 76.5 Å². The van der Waals surface area contributed by atoms with E-state index >= 15 is 4.39 Å². The van der Waals surface area contributed by atoms with E-state index in [0.717, 1.165) is 18.4 Å². The Balaban J connectivity index is 1.38. The number of benzene rings is 2. The standard InChI is InChI=1S/C30H35F2N7OS/c1-18(2)39-28-25(16-33-30(36-28)34-21-11-13-26(38(3)4)23(32)15-21)35-27(29(39)40)20-10-12-24(22(31)14-20)37-41-17-19-8-6-5-7-9-19/h5-10,12,14,16,18,21,23,26,37H,11,13,15,17H2,1-4H3,(H,33,34,36). The number of alkyl halides is 1. The van der Waals surface area contributed by atoms with E-state index in [2.05, 4.69) is 25.0 Å². The summed E-state index contributed by atoms with van der Waals surface area (Å²) in [4.78, 5) is 29.1. The van der Waals surface area contributed by atoms with Gasteiger partial charge in [0, 0.05) is 35.9 Å². The molecule has 0 aliphatic heterocycles. The van der Waals surface area contributed by atoms with Crippen LogP contribution in [0.3, 0.4) is 0 Å². The monoisotopic (exact) mass is 579 g/mol. The number of nitrogens with one attached hydrogen (secondary N) is 2. The molecule has 5 rings (SSSR count). The van der Waals surface area contributed by atoms with Crippen molar-refractivity contribution in [3.8, 4) is 11.3 Å². The van der Waals surface area contributed by atoms with Crippen LogP contribution in [-0.4, -0.2) is 56.8 Å². The summed E-state index contributed by atoms with van der Waals surface area (Å²) in [5.41, 5.74) is 2.37. The molecule has 1 saturated carbocycles. The average Bonchev–Trinajstić information content (AvgIpc) is 2.94. The van der Waals surface area contributed by atoms with E-state index in [4.69, 9.17) is 0 Å². The van der Waals surface area contributed by atoms with Gasteiger partial charge in [0.1, 0.15) is 23.2 Å². The zero-order chi connectivity index (χ0) is 29.1. The molecule has 0 bridgehead atoms. The Labute approximate surface area is 242 Å². The van der Waals surface area contributed by atoms with Gasteiger partial charge in [-0.25, -0.2) is 18.7 Å². The van der Waals surface area contributed by atoms with Crippen LogP contribution in [-0.2, 0) is 5.75 Å². The molecule has 1 aliphatic carbocycles. The molecule has 4 aromatic rings. The summed E-state index contributed by atoms with van der Waals surface area (Å²) in [6, 6.07) is 14.1. The third-order valence-electron chi connectivity index (χ3n) is 7.39. The quantitative estimate of drug-likeness (QED) is 0.231. The van der Waals surface area contributed by atoms with Crippen LogP contribution in [0.15, 0.2) is 59.5 Å². The number of anilines is 2. The molecule has 0 radical (unpaired) electrons. The molecule has 1 fully saturated rings. The lowest BCUT2D eigenvalue weighted by Crippen LogP contribution is -2.44. The van der Waals surface area contributed by atoms with Crippen molar-refractivity contribution in [3.63, 3.8) is 0 Å². The van der Waals surface area contributed by atoms with Crippen molar-refractivity contribution >= 4 is 34.7 Å². The number of rotatable bonds is 9. The first-order valence-corrected chi connectivity index (χ1v) is 14.8. The predicted octanol–water partition coefficient (Wildman–Crippen LogP) is 6.07. The third-order valence-corrected chi connectivity index (χ3v) is 8.23. The van der Waals surface area contributed by atoms with Gasteiger partial charge in [-0.2, -0.15) is 4.98 Å². The highest BCUT2D eigenvalue weighted by Crippen LogP contribution is 2.28. The summed E-state index contributed by atoms with van der Waals surface area (Å²) in [6.45, 7) is 3.77. The van der Waals surface area contributed by atoms with E-state index in [1.165, 1.54) is 18.0 Å². The Bertz CT molecular complexity index is 1560. The topological polar surface area (TPSA) is 88.0 Å². The van der Waals surface area contributed by atoms with Gasteiger partial charge in [-0.15, -0.1) is 0 Å². The smallest absolute Gasteiger partial charge is 0.278 e. The molecule has 0 spiro atoms. The summed E-state index contributed by atoms with van der Waals surface area (Å²) >= 11 is 1.38. The lowest BCUT2D eigenvalue weighted by molar-refractivity contribution is 0.109. The summed E-state index contributed by atoms with van der Waals surface area (Å²) in [7, 11) is 3.80. The van der Waals surface area contributed by atoms with Crippen LogP contribution in [0.5, 0.6) is 0 Å². The first kappa shape index (κ1) is 28.9. The lowest BCUT2D eigenvalue weighted by atomic mass is 9.89. The van der Waals surface area contributed by atoms with Gasteiger partial charge in [0.05, 0.1) is 11.9 Å². The molecule has 8 nitrogen and oxygen atoms in total. The summed E-state index contributed by atoms with van der Waals surface area (Å²) in [5.74, 6) is 0.526. The van der Waals surface area contributed by atoms with E-state index in [-0.39, 0.29) is 29.4 Å². The van der Waals surface area contributed by atoms with E-state index in [1.807, 2.05) is 63.2 Å². The zero-order valence-electron chi connectivity index (χ0n) is 23.6. The van der Waals surface area contributed by atoms with E-state index < -0.39 is 12.0 Å². The van der Waals surface area contributed by atoms with E-state index in [9.17, 15) is 9.18 Å². The highest BCUT2D eigenvalue weighted by molar-refractivity contribution is 7.99. The first-order valence-electron chi connectivity index (χ1n) is 13.8. The first-order chi connectivity index (χ1) is 19.7. The molecule has 3 unspecified atom stereocenters. The van der Waals surface area contributed by atoms with Gasteiger partial charge in [-0.3, -0.25) is 9.36 Å². The minimum atomic E-state index is -0.945. The molecule has 11 heteroatoms. The number of halogens is 2. The molecule has 1 aliphatic rings. The highest BCUT2D eigenvalue weighted by Gasteiger charge is 2.32. The van der Waals surface area contributed by atoms with Gasteiger partial charge in [-0.05, 0) is 70.4 Å². The second-order valence-corrected chi connectivity index (χ2v) is 11.7. The van der Waals surface area contributed by atoms with E-state index in [0.29, 0.717) is 40.5 Å². The largest absolute Gasteiger partial charge is 0.351 e. The maximum Gasteiger partial charge on any atom is 0.278 e. The Morgan fingerprint density at radius 2 is 1.90 bits per heavy atom. The Morgan fingerprint density at radius 3 is 2.59 bits per heavy atom. The SMILES string of the molecule is CC(C)n1c(=O)c(-c2ccc(NSCc3ccccc3)c(F)c2)nc2cnc(NC3CCC(N(C)C)C(F)C3)nc21. The maximum absolute atomic E-state index is 15.1. The molecule has 41 heavy (non-hydrogen) atoms. The number of fused-ring (bicyclic) bond motifs is 1. The van der Waals surface area contributed by atoms with Crippen LogP contribution in [0.1, 0.15) is 44.7 Å². The van der Waals surface area contributed by atoms with Crippen LogP contribution >= 0.6 is 11.9 Å². The minimum Gasteiger partial charge on any atom is -0.351 e. The van der Waals surface area contributed by atoms with Crippen molar-refractivity contribution in [2.45, 2.75) is 63.2 Å². The van der Waals surface area contributed by atoms with Gasteiger partial charge >= 0.3 is 0 Å². The van der Waals surface area contributed by atoms with Crippen molar-refractivity contribution in [2.75, 3.05) is 24.1 Å². The van der Waals surface area contributed by atoms with E-state index in [1.54, 1.807) is 22.9 Å². The van der Waals surface area contributed by atoms with Crippen LogP contribution in [0.4, 0.5) is 20.4 Å². The number of hydrogen-bond donors (Lipinski definition) is 2. The summed E-state index contributed by atoms with van der Waals surface area (Å²) < 4.78 is 34.4. The minimum absolute atomic E-state index is 0.0953. The van der Waals surface area contributed by atoms with Crippen LogP contribution < -0.4 is 15.6 Å². The Hall–Kier alpha value is -3.57. The van der Waals surface area contributed by atoms with Gasteiger partial charge in [-0.1, -0.05) is 36.4 Å². The molecule has 3 atom stereocenters. The third kappa shape index (κ3) is 6.51. The fraction of sp³-hybridized carbons (Fsp3) is 0.400. The molecular weight excluding hydrogens is 544 g/mol. The molecule has 2 aromatic carbocycles. The van der Waals surface area contributed by atoms with Gasteiger partial charge < -0.3 is 14.9 Å². The van der Waals surface area contributed by atoms with Crippen molar-refractivity contribution in [1.82, 2.24) is 24.4 Å². The molecule has 2 aromatic heterocycles. The summed E-state index contributed by atoms with van der Waals surface area (Å²) in [6.07, 6.45) is 2.49. The fourth-order valence-electron chi connectivity index (χ4n) is 5.25. The molecule has 0 amide bonds. The average molecular weight is 580 g/mol. The van der Waals surface area contributed by atoms with Gasteiger partial charge in [0.25, 0.3) is 5.56 Å². The molecule has 216 valence electrons. The predicted molar refractivity (Wildman–Crippen MR) is 162 cm³/mol. The Kier molecular flexibility index (Phi) is 8.84. The van der Waals surface area contributed by atoms with Crippen LogP contribution in [0.2, 0.25) is 0 Å². The van der Waals surface area contributed by atoms with Crippen LogP contribution in [0, 0.1) is 5.82 Å². The van der Waals surface area contributed by atoms with Gasteiger partial charge in [0.2, 0.25) is 5.95 Å². The second kappa shape index (κ2) is 12.5. The molecule has 2 N–H and O–H groups in total. The lowest BCUT2D eigenvalue weighted by Gasteiger charge is -2.35. The second-order valence-electron chi connectivity index (χ2n) is 10.9.